The number of carbonyl (C=O) groups excluding carboxylic acids is 8. The third kappa shape index (κ3) is 11.6. The van der Waals surface area contributed by atoms with Crippen molar-refractivity contribution < 1.29 is 66.8 Å². The minimum atomic E-state index is -2.16. The van der Waals surface area contributed by atoms with Gasteiger partial charge in [-0.25, -0.2) is 9.59 Å². The molecule has 0 bridgehead atoms. The van der Waals surface area contributed by atoms with Crippen molar-refractivity contribution >= 4 is 80.3 Å². The second-order valence-corrected chi connectivity index (χ2v) is 12.5. The quantitative estimate of drug-likeness (QED) is 0.175. The molecule has 0 spiro atoms. The molecule has 0 aliphatic heterocycles. The molecule has 0 aromatic carbocycles. The fraction of sp³-hybridized carbons (Fsp3) is 0.500. The Bertz CT molecular complexity index is 1480. The zero-order valence-corrected chi connectivity index (χ0v) is 30.5. The highest BCUT2D eigenvalue weighted by atomic mass is 32.1. The smallest absolute Gasteiger partial charge is 0.341 e. The molecular weight excluding hydrogens is 700 g/mol. The van der Waals surface area contributed by atoms with Crippen LogP contribution in [0.2, 0.25) is 0 Å². The molecule has 274 valence electrons. The lowest BCUT2D eigenvalue weighted by atomic mass is 10.00. The standard InChI is InChI=1S/C32H40N2O14S2/c1-9-19-13-21(31(41)43-11-3)29(49-19)33-27(39)25(47-17(7)37)23(45-15(5)35)24(46-16(6)36)26(48-18(8)38)28(40)34-30-22(32(42)44-12-4)14-20(10-2)50-30/h13-14,23-26H,9-12H2,1-8H3,(H,33,39)(H,34,40). The first kappa shape index (κ1) is 41.3. The molecule has 2 aromatic heterocycles. The van der Waals surface area contributed by atoms with Crippen LogP contribution in [0.5, 0.6) is 0 Å². The van der Waals surface area contributed by atoms with E-state index >= 15 is 0 Å². The predicted molar refractivity (Wildman–Crippen MR) is 179 cm³/mol. The van der Waals surface area contributed by atoms with Gasteiger partial charge in [-0.2, -0.15) is 0 Å². The highest BCUT2D eigenvalue weighted by molar-refractivity contribution is 7.17. The lowest BCUT2D eigenvalue weighted by molar-refractivity contribution is -0.198. The Hall–Kier alpha value is -4.84. The number of thiophene rings is 2. The molecule has 0 saturated heterocycles. The van der Waals surface area contributed by atoms with E-state index in [0.717, 1.165) is 50.4 Å². The Labute approximate surface area is 296 Å². The van der Waals surface area contributed by atoms with Gasteiger partial charge in [-0.3, -0.25) is 28.8 Å². The summed E-state index contributed by atoms with van der Waals surface area (Å²) in [6.45, 7) is 10.6. The highest BCUT2D eigenvalue weighted by Gasteiger charge is 2.49. The number of esters is 6. The summed E-state index contributed by atoms with van der Waals surface area (Å²) in [7, 11) is 0. The molecule has 16 nitrogen and oxygen atoms in total. The van der Waals surface area contributed by atoms with Crippen molar-refractivity contribution in [3.05, 3.63) is 33.0 Å². The molecule has 0 fully saturated rings. The van der Waals surface area contributed by atoms with Gasteiger partial charge in [-0.1, -0.05) is 13.8 Å². The maximum absolute atomic E-state index is 13.9. The minimum Gasteiger partial charge on any atom is -0.462 e. The fourth-order valence-electron chi connectivity index (χ4n) is 4.39. The molecule has 0 saturated carbocycles. The third-order valence-corrected chi connectivity index (χ3v) is 8.74. The topological polar surface area (TPSA) is 216 Å². The van der Waals surface area contributed by atoms with E-state index in [1.807, 2.05) is 13.8 Å². The molecule has 2 N–H and O–H groups in total. The van der Waals surface area contributed by atoms with Crippen LogP contribution in [0.3, 0.4) is 0 Å². The summed E-state index contributed by atoms with van der Waals surface area (Å²) in [5.41, 5.74) is -0.0256. The van der Waals surface area contributed by atoms with Crippen molar-refractivity contribution in [3.63, 3.8) is 0 Å². The van der Waals surface area contributed by atoms with Crippen molar-refractivity contribution in [1.29, 1.82) is 0 Å². The highest BCUT2D eigenvalue weighted by Crippen LogP contribution is 2.32. The second kappa shape index (κ2) is 19.4. The van der Waals surface area contributed by atoms with Crippen LogP contribution in [0.25, 0.3) is 0 Å². The number of amides is 2. The summed E-state index contributed by atoms with van der Waals surface area (Å²) in [6.07, 6.45) is -7.59. The van der Waals surface area contributed by atoms with Gasteiger partial charge in [0.05, 0.1) is 24.3 Å². The van der Waals surface area contributed by atoms with Gasteiger partial charge in [-0.05, 0) is 38.8 Å². The first-order valence-electron chi connectivity index (χ1n) is 15.5. The Kier molecular flexibility index (Phi) is 16.0. The largest absolute Gasteiger partial charge is 0.462 e. The number of nitrogens with one attached hydrogen (secondary N) is 2. The average molecular weight is 741 g/mol. The number of ether oxygens (including phenoxy) is 6. The molecule has 18 heteroatoms. The number of hydrogen-bond acceptors (Lipinski definition) is 16. The summed E-state index contributed by atoms with van der Waals surface area (Å²) in [5, 5.41) is 4.94. The Balaban J connectivity index is 2.71. The van der Waals surface area contributed by atoms with Crippen molar-refractivity contribution in [3.8, 4) is 0 Å². The summed E-state index contributed by atoms with van der Waals surface area (Å²) in [4.78, 5) is 104. The van der Waals surface area contributed by atoms with E-state index < -0.39 is 72.0 Å². The monoisotopic (exact) mass is 740 g/mol. The van der Waals surface area contributed by atoms with E-state index in [4.69, 9.17) is 28.4 Å². The summed E-state index contributed by atoms with van der Waals surface area (Å²) >= 11 is 2.04. The van der Waals surface area contributed by atoms with E-state index in [9.17, 15) is 38.4 Å². The number of anilines is 2. The first-order chi connectivity index (χ1) is 23.6. The van der Waals surface area contributed by atoms with Gasteiger partial charge in [-0.15, -0.1) is 22.7 Å². The Morgan fingerprint density at radius 3 is 1.14 bits per heavy atom. The molecule has 2 rings (SSSR count). The fourth-order valence-corrected chi connectivity index (χ4v) is 6.36. The van der Waals surface area contributed by atoms with Crippen LogP contribution in [0, 0.1) is 0 Å². The predicted octanol–water partition coefficient (Wildman–Crippen LogP) is 3.59. The molecule has 2 aromatic rings. The number of carbonyl (C=O) groups is 8. The summed E-state index contributed by atoms with van der Waals surface area (Å²) < 4.78 is 31.5. The van der Waals surface area contributed by atoms with Gasteiger partial charge in [0, 0.05) is 37.4 Å². The third-order valence-electron chi connectivity index (χ3n) is 6.35. The van der Waals surface area contributed by atoms with Crippen molar-refractivity contribution in [1.82, 2.24) is 0 Å². The molecule has 2 heterocycles. The van der Waals surface area contributed by atoms with Crippen molar-refractivity contribution in [2.24, 2.45) is 0 Å². The van der Waals surface area contributed by atoms with Crippen LogP contribution in [0.15, 0.2) is 12.1 Å². The maximum atomic E-state index is 13.9. The van der Waals surface area contributed by atoms with Gasteiger partial charge in [0.25, 0.3) is 11.8 Å². The van der Waals surface area contributed by atoms with Gasteiger partial charge in [0.15, 0.2) is 12.2 Å². The van der Waals surface area contributed by atoms with Crippen molar-refractivity contribution in [2.75, 3.05) is 23.8 Å². The van der Waals surface area contributed by atoms with Crippen LogP contribution >= 0.6 is 22.7 Å². The van der Waals surface area contributed by atoms with Crippen LogP contribution in [-0.4, -0.2) is 85.3 Å². The molecular formula is C32H40N2O14S2. The van der Waals surface area contributed by atoms with Crippen LogP contribution in [0.1, 0.15) is 85.9 Å². The van der Waals surface area contributed by atoms with Gasteiger partial charge < -0.3 is 39.1 Å². The lowest BCUT2D eigenvalue weighted by Gasteiger charge is -2.34. The zero-order valence-electron chi connectivity index (χ0n) is 28.8. The maximum Gasteiger partial charge on any atom is 0.341 e. The lowest BCUT2D eigenvalue weighted by Crippen LogP contribution is -2.57. The van der Waals surface area contributed by atoms with Gasteiger partial charge in [0.2, 0.25) is 12.2 Å². The molecule has 50 heavy (non-hydrogen) atoms. The van der Waals surface area contributed by atoms with Crippen LogP contribution < -0.4 is 10.6 Å². The summed E-state index contributed by atoms with van der Waals surface area (Å²) in [6, 6.07) is 3.01. The van der Waals surface area contributed by atoms with E-state index in [1.54, 1.807) is 13.8 Å². The minimum absolute atomic E-state index is 0.00161. The van der Waals surface area contributed by atoms with E-state index in [2.05, 4.69) is 10.6 Å². The van der Waals surface area contributed by atoms with E-state index in [-0.39, 0.29) is 34.3 Å². The van der Waals surface area contributed by atoms with Crippen LogP contribution in [0.4, 0.5) is 10.0 Å². The zero-order chi connectivity index (χ0) is 37.7. The molecule has 0 aliphatic rings. The molecule has 2 amide bonds. The second-order valence-electron chi connectivity index (χ2n) is 10.2. The van der Waals surface area contributed by atoms with Crippen molar-refractivity contribution in [2.45, 2.75) is 92.6 Å². The number of hydrogen-bond donors (Lipinski definition) is 2. The first-order valence-corrected chi connectivity index (χ1v) is 17.1. The molecule has 0 radical (unpaired) electrons. The average Bonchev–Trinajstić information content (AvgIpc) is 3.64. The van der Waals surface area contributed by atoms with Gasteiger partial charge in [0.1, 0.15) is 10.0 Å². The SMILES string of the molecule is CCOC(=O)c1cc(CC)sc1NC(=O)C(OC(C)=O)C(OC(C)=O)C(OC(C)=O)C(OC(C)=O)C(=O)Nc1sc(CC)cc1C(=O)OCC. The molecule has 4 unspecified atom stereocenters. The Morgan fingerprint density at radius 1 is 0.560 bits per heavy atom. The molecule has 0 aliphatic carbocycles. The molecule has 4 atom stereocenters. The number of aryl methyl sites for hydroxylation is 2. The van der Waals surface area contributed by atoms with Gasteiger partial charge >= 0.3 is 35.8 Å². The summed E-state index contributed by atoms with van der Waals surface area (Å²) in [5.74, 6) is -8.14. The normalized spacial score (nSPS) is 13.0. The Morgan fingerprint density at radius 2 is 0.880 bits per heavy atom. The van der Waals surface area contributed by atoms with Crippen LogP contribution in [-0.2, 0) is 70.0 Å². The number of rotatable bonds is 17. The van der Waals surface area contributed by atoms with E-state index in [1.165, 1.54) is 12.1 Å². The van der Waals surface area contributed by atoms with E-state index in [0.29, 0.717) is 22.6 Å².